The summed E-state index contributed by atoms with van der Waals surface area (Å²) in [6, 6.07) is -3.42. The van der Waals surface area contributed by atoms with Crippen LogP contribution >= 0.6 is 0 Å². The molecule has 11 N–H and O–H groups in total. The van der Waals surface area contributed by atoms with Crippen LogP contribution in [0, 0.1) is 0 Å². The SMILES string of the molecule is NCCCC[C@H](NC(=O)[C@@H]1CCCN1C(=O)[C@H](CCCCN)NC(=O)[C@@H](N)CCCCN)C(=O)O. The van der Waals surface area contributed by atoms with Gasteiger partial charge in [-0.2, -0.15) is 0 Å². The van der Waals surface area contributed by atoms with Crippen LogP contribution in [0.4, 0.5) is 0 Å². The minimum absolute atomic E-state index is 0.263. The van der Waals surface area contributed by atoms with Gasteiger partial charge < -0.3 is 43.6 Å². The normalized spacial score (nSPS) is 18.1. The summed E-state index contributed by atoms with van der Waals surface area (Å²) in [7, 11) is 0. The van der Waals surface area contributed by atoms with Gasteiger partial charge in [-0.3, -0.25) is 14.4 Å². The van der Waals surface area contributed by atoms with E-state index in [0.29, 0.717) is 84.0 Å². The number of hydrogen-bond donors (Lipinski definition) is 7. The van der Waals surface area contributed by atoms with Crippen molar-refractivity contribution in [2.75, 3.05) is 26.2 Å². The third kappa shape index (κ3) is 10.9. The first-order valence-corrected chi connectivity index (χ1v) is 12.8. The van der Waals surface area contributed by atoms with Crippen molar-refractivity contribution in [3.63, 3.8) is 0 Å². The number of carboxylic acid groups (broad SMARTS) is 1. The number of unbranched alkanes of at least 4 members (excludes halogenated alkanes) is 3. The van der Waals surface area contributed by atoms with E-state index in [1.54, 1.807) is 0 Å². The van der Waals surface area contributed by atoms with Crippen LogP contribution in [0.3, 0.4) is 0 Å². The van der Waals surface area contributed by atoms with Crippen LogP contribution in [-0.4, -0.2) is 84.0 Å². The molecule has 0 spiro atoms. The smallest absolute Gasteiger partial charge is 0.326 e. The molecule has 0 aliphatic carbocycles. The van der Waals surface area contributed by atoms with Crippen molar-refractivity contribution >= 4 is 23.7 Å². The molecule has 12 nitrogen and oxygen atoms in total. The summed E-state index contributed by atoms with van der Waals surface area (Å²) in [5.74, 6) is -2.40. The van der Waals surface area contributed by atoms with Crippen molar-refractivity contribution in [3.8, 4) is 0 Å². The van der Waals surface area contributed by atoms with E-state index in [1.807, 2.05) is 0 Å². The zero-order valence-electron chi connectivity index (χ0n) is 20.8. The second-order valence-electron chi connectivity index (χ2n) is 9.11. The molecule has 4 atom stereocenters. The van der Waals surface area contributed by atoms with Crippen LogP contribution in [0.15, 0.2) is 0 Å². The van der Waals surface area contributed by atoms with Crippen LogP contribution in [-0.2, 0) is 19.2 Å². The molecule has 202 valence electrons. The molecule has 3 amide bonds. The Morgan fingerprint density at radius 1 is 0.829 bits per heavy atom. The molecule has 35 heavy (non-hydrogen) atoms. The molecule has 1 aliphatic heterocycles. The van der Waals surface area contributed by atoms with Crippen LogP contribution in [0.25, 0.3) is 0 Å². The lowest BCUT2D eigenvalue weighted by atomic mass is 10.0. The zero-order chi connectivity index (χ0) is 26.2. The van der Waals surface area contributed by atoms with Crippen LogP contribution in [0.2, 0.25) is 0 Å². The van der Waals surface area contributed by atoms with Crippen molar-refractivity contribution in [2.45, 2.75) is 94.8 Å². The molecule has 0 unspecified atom stereocenters. The predicted molar refractivity (Wildman–Crippen MR) is 133 cm³/mol. The Morgan fingerprint density at radius 2 is 1.37 bits per heavy atom. The molecule has 0 saturated carbocycles. The van der Waals surface area contributed by atoms with Gasteiger partial charge in [0.15, 0.2) is 0 Å². The Balaban J connectivity index is 2.86. The van der Waals surface area contributed by atoms with E-state index in [9.17, 15) is 24.3 Å². The summed E-state index contributed by atoms with van der Waals surface area (Å²) < 4.78 is 0. The van der Waals surface area contributed by atoms with Crippen molar-refractivity contribution in [2.24, 2.45) is 22.9 Å². The van der Waals surface area contributed by atoms with E-state index in [1.165, 1.54) is 4.90 Å². The van der Waals surface area contributed by atoms with Crippen molar-refractivity contribution < 1.29 is 24.3 Å². The molecule has 0 aromatic carbocycles. The summed E-state index contributed by atoms with van der Waals surface area (Å²) in [6.45, 7) is 1.78. The molecule has 0 radical (unpaired) electrons. The third-order valence-corrected chi connectivity index (χ3v) is 6.27. The fourth-order valence-corrected chi connectivity index (χ4v) is 4.19. The number of carbonyl (C=O) groups is 4. The fourth-order valence-electron chi connectivity index (χ4n) is 4.19. The van der Waals surface area contributed by atoms with Gasteiger partial charge in [0.25, 0.3) is 0 Å². The Labute approximate surface area is 207 Å². The maximum atomic E-state index is 13.4. The zero-order valence-corrected chi connectivity index (χ0v) is 20.8. The Kier molecular flexibility index (Phi) is 15.1. The van der Waals surface area contributed by atoms with Gasteiger partial charge in [0, 0.05) is 6.54 Å². The van der Waals surface area contributed by atoms with E-state index < -0.39 is 42.0 Å². The first-order chi connectivity index (χ1) is 16.8. The van der Waals surface area contributed by atoms with E-state index >= 15 is 0 Å². The Bertz CT molecular complexity index is 679. The number of amides is 3. The van der Waals surface area contributed by atoms with Gasteiger partial charge in [-0.1, -0.05) is 6.42 Å². The predicted octanol–water partition coefficient (Wildman–Crippen LogP) is -1.25. The maximum absolute atomic E-state index is 13.4. The van der Waals surface area contributed by atoms with Gasteiger partial charge in [0.2, 0.25) is 17.7 Å². The topological polar surface area (TPSA) is 220 Å². The molecule has 0 bridgehead atoms. The van der Waals surface area contributed by atoms with E-state index in [-0.39, 0.29) is 12.3 Å². The van der Waals surface area contributed by atoms with Gasteiger partial charge in [-0.25, -0.2) is 4.79 Å². The highest BCUT2D eigenvalue weighted by Crippen LogP contribution is 2.20. The Hall–Kier alpha value is -2.28. The summed E-state index contributed by atoms with van der Waals surface area (Å²) in [6.07, 6.45) is 6.15. The van der Waals surface area contributed by atoms with Crippen molar-refractivity contribution in [3.05, 3.63) is 0 Å². The molecule has 1 aliphatic rings. The summed E-state index contributed by atoms with van der Waals surface area (Å²) in [5.41, 5.74) is 22.5. The summed E-state index contributed by atoms with van der Waals surface area (Å²) >= 11 is 0. The molecule has 0 aromatic heterocycles. The van der Waals surface area contributed by atoms with Gasteiger partial charge >= 0.3 is 5.97 Å². The first kappa shape index (κ1) is 30.8. The van der Waals surface area contributed by atoms with Gasteiger partial charge in [-0.05, 0) is 83.8 Å². The number of carboxylic acids is 1. The number of rotatable bonds is 18. The quantitative estimate of drug-likeness (QED) is 0.112. The van der Waals surface area contributed by atoms with E-state index in [2.05, 4.69) is 10.6 Å². The standard InChI is InChI=1S/C23H45N7O5/c24-12-4-1-8-16(27)20(31)28-17(9-2-5-13-25)22(33)30-15-7-11-19(30)21(32)29-18(23(34)35)10-3-6-14-26/h16-19H,1-15,24-27H2,(H,28,31)(H,29,32)(H,34,35)/t16-,17-,18-,19-/m0/s1. The second-order valence-corrected chi connectivity index (χ2v) is 9.11. The number of nitrogens with one attached hydrogen (secondary N) is 2. The number of aliphatic carboxylic acids is 1. The molecule has 1 rings (SSSR count). The molecular weight excluding hydrogens is 454 g/mol. The molecule has 0 aromatic rings. The Morgan fingerprint density at radius 3 is 1.91 bits per heavy atom. The highest BCUT2D eigenvalue weighted by Gasteiger charge is 2.38. The van der Waals surface area contributed by atoms with Crippen LogP contribution < -0.4 is 33.6 Å². The maximum Gasteiger partial charge on any atom is 0.326 e. The summed E-state index contributed by atoms with van der Waals surface area (Å²) in [5, 5.41) is 14.8. The second kappa shape index (κ2) is 17.2. The highest BCUT2D eigenvalue weighted by molar-refractivity contribution is 5.94. The molecule has 1 fully saturated rings. The lowest BCUT2D eigenvalue weighted by molar-refractivity contribution is -0.145. The lowest BCUT2D eigenvalue weighted by Gasteiger charge is -2.30. The van der Waals surface area contributed by atoms with E-state index in [4.69, 9.17) is 22.9 Å². The van der Waals surface area contributed by atoms with Crippen LogP contribution in [0.1, 0.15) is 70.6 Å². The lowest BCUT2D eigenvalue weighted by Crippen LogP contribution is -2.56. The monoisotopic (exact) mass is 499 g/mol. The molecular formula is C23H45N7O5. The molecule has 1 heterocycles. The minimum Gasteiger partial charge on any atom is -0.480 e. The average Bonchev–Trinajstić information content (AvgIpc) is 3.32. The van der Waals surface area contributed by atoms with E-state index in [0.717, 1.165) is 6.42 Å². The first-order valence-electron chi connectivity index (χ1n) is 12.8. The van der Waals surface area contributed by atoms with Crippen LogP contribution in [0.5, 0.6) is 0 Å². The number of nitrogens with zero attached hydrogens (tertiary/aromatic N) is 1. The van der Waals surface area contributed by atoms with Gasteiger partial charge in [0.1, 0.15) is 18.1 Å². The third-order valence-electron chi connectivity index (χ3n) is 6.27. The largest absolute Gasteiger partial charge is 0.480 e. The number of likely N-dealkylation sites (tertiary alicyclic amines) is 1. The number of carbonyl (C=O) groups excluding carboxylic acids is 3. The average molecular weight is 500 g/mol. The van der Waals surface area contributed by atoms with Gasteiger partial charge in [-0.15, -0.1) is 0 Å². The fraction of sp³-hybridized carbons (Fsp3) is 0.826. The number of nitrogens with two attached hydrogens (primary N) is 4. The summed E-state index contributed by atoms with van der Waals surface area (Å²) in [4.78, 5) is 52.0. The van der Waals surface area contributed by atoms with Crippen molar-refractivity contribution in [1.29, 1.82) is 0 Å². The van der Waals surface area contributed by atoms with Crippen molar-refractivity contribution in [1.82, 2.24) is 15.5 Å². The highest BCUT2D eigenvalue weighted by atomic mass is 16.4. The van der Waals surface area contributed by atoms with Gasteiger partial charge in [0.05, 0.1) is 6.04 Å². The molecule has 12 heteroatoms. The minimum atomic E-state index is -1.12. The number of hydrogen-bond acceptors (Lipinski definition) is 8. The molecule has 1 saturated heterocycles.